The van der Waals surface area contributed by atoms with Crippen LogP contribution < -0.4 is 0 Å². The van der Waals surface area contributed by atoms with Gasteiger partial charge in [-0.25, -0.2) is 0 Å². The summed E-state index contributed by atoms with van der Waals surface area (Å²) < 4.78 is 0. The average molecular weight is 245 g/mol. The minimum absolute atomic E-state index is 1.05. The Morgan fingerprint density at radius 3 is 2.67 bits per heavy atom. The number of unbranched alkanes of at least 4 members (excludes halogenated alkanes) is 2. The standard InChI is InChI=1S/C17H27N/c1-15-9-8-14-17(18-15)13-7-3-6-12-16-10-4-2-5-11-16/h8-9,14,16H,2-7,10-13H2,1H3. The molecule has 0 aliphatic heterocycles. The van der Waals surface area contributed by atoms with Crippen molar-refractivity contribution in [3.05, 3.63) is 29.6 Å². The first-order valence-electron chi connectivity index (χ1n) is 7.77. The molecule has 0 spiro atoms. The Labute approximate surface area is 112 Å². The zero-order valence-corrected chi connectivity index (χ0v) is 11.8. The highest BCUT2D eigenvalue weighted by Crippen LogP contribution is 2.27. The number of rotatable bonds is 6. The lowest BCUT2D eigenvalue weighted by Crippen LogP contribution is -2.05. The van der Waals surface area contributed by atoms with Gasteiger partial charge < -0.3 is 0 Å². The van der Waals surface area contributed by atoms with E-state index in [0.717, 1.165) is 18.0 Å². The van der Waals surface area contributed by atoms with Crippen LogP contribution in [-0.4, -0.2) is 4.98 Å². The molecule has 1 heterocycles. The molecule has 0 unspecified atom stereocenters. The van der Waals surface area contributed by atoms with Crippen molar-refractivity contribution < 1.29 is 0 Å². The van der Waals surface area contributed by atoms with E-state index in [1.54, 1.807) is 0 Å². The van der Waals surface area contributed by atoms with Crippen LogP contribution in [0.2, 0.25) is 0 Å². The monoisotopic (exact) mass is 245 g/mol. The van der Waals surface area contributed by atoms with E-state index in [-0.39, 0.29) is 0 Å². The number of nitrogens with zero attached hydrogens (tertiary/aromatic N) is 1. The molecule has 1 aromatic rings. The molecule has 1 nitrogen and oxygen atoms in total. The summed E-state index contributed by atoms with van der Waals surface area (Å²) in [7, 11) is 0. The van der Waals surface area contributed by atoms with Crippen LogP contribution in [0, 0.1) is 12.8 Å². The van der Waals surface area contributed by atoms with Gasteiger partial charge in [0.05, 0.1) is 0 Å². The molecule has 0 N–H and O–H groups in total. The fraction of sp³-hybridized carbons (Fsp3) is 0.706. The first-order valence-corrected chi connectivity index (χ1v) is 7.77. The zero-order chi connectivity index (χ0) is 12.6. The molecule has 1 fully saturated rings. The van der Waals surface area contributed by atoms with E-state index >= 15 is 0 Å². The van der Waals surface area contributed by atoms with E-state index in [1.807, 2.05) is 0 Å². The van der Waals surface area contributed by atoms with Gasteiger partial charge in [-0.3, -0.25) is 4.98 Å². The Hall–Kier alpha value is -0.850. The minimum Gasteiger partial charge on any atom is -0.258 e. The molecule has 18 heavy (non-hydrogen) atoms. The predicted octanol–water partition coefficient (Wildman–Crippen LogP) is 5.07. The maximum absolute atomic E-state index is 4.56. The molecule has 0 aromatic carbocycles. The summed E-state index contributed by atoms with van der Waals surface area (Å²) in [6.07, 6.45) is 14.2. The van der Waals surface area contributed by atoms with Crippen molar-refractivity contribution >= 4 is 0 Å². The highest BCUT2D eigenvalue weighted by atomic mass is 14.7. The largest absolute Gasteiger partial charge is 0.258 e. The second-order valence-electron chi connectivity index (χ2n) is 5.87. The SMILES string of the molecule is Cc1cccc(CCCCCC2CCCCC2)n1. The van der Waals surface area contributed by atoms with Crippen molar-refractivity contribution in [1.82, 2.24) is 4.98 Å². The number of hydrogen-bond acceptors (Lipinski definition) is 1. The summed E-state index contributed by atoms with van der Waals surface area (Å²) >= 11 is 0. The lowest BCUT2D eigenvalue weighted by atomic mass is 9.85. The van der Waals surface area contributed by atoms with Crippen molar-refractivity contribution in [1.29, 1.82) is 0 Å². The highest BCUT2D eigenvalue weighted by Gasteiger charge is 2.12. The van der Waals surface area contributed by atoms with Crippen LogP contribution in [0.15, 0.2) is 18.2 Å². The van der Waals surface area contributed by atoms with E-state index in [0.29, 0.717) is 0 Å². The van der Waals surface area contributed by atoms with Crippen LogP contribution in [0.4, 0.5) is 0 Å². The second-order valence-corrected chi connectivity index (χ2v) is 5.87. The maximum atomic E-state index is 4.56. The van der Waals surface area contributed by atoms with Gasteiger partial charge in [0.2, 0.25) is 0 Å². The van der Waals surface area contributed by atoms with Gasteiger partial charge in [-0.1, -0.05) is 57.4 Å². The molecule has 0 amide bonds. The van der Waals surface area contributed by atoms with E-state index in [2.05, 4.69) is 30.1 Å². The van der Waals surface area contributed by atoms with Gasteiger partial charge in [0, 0.05) is 11.4 Å². The maximum Gasteiger partial charge on any atom is 0.0406 e. The third-order valence-corrected chi connectivity index (χ3v) is 4.22. The topological polar surface area (TPSA) is 12.9 Å². The normalized spacial score (nSPS) is 16.9. The molecule has 1 aliphatic carbocycles. The zero-order valence-electron chi connectivity index (χ0n) is 11.8. The molecular weight excluding hydrogens is 218 g/mol. The summed E-state index contributed by atoms with van der Waals surface area (Å²) in [5, 5.41) is 0. The molecule has 1 aromatic heterocycles. The van der Waals surface area contributed by atoms with Crippen LogP contribution in [0.25, 0.3) is 0 Å². The summed E-state index contributed by atoms with van der Waals surface area (Å²) in [5.41, 5.74) is 2.42. The number of hydrogen-bond donors (Lipinski definition) is 0. The van der Waals surface area contributed by atoms with E-state index in [4.69, 9.17) is 0 Å². The van der Waals surface area contributed by atoms with Crippen molar-refractivity contribution in [2.24, 2.45) is 5.92 Å². The van der Waals surface area contributed by atoms with Gasteiger partial charge in [-0.05, 0) is 37.8 Å². The van der Waals surface area contributed by atoms with Crippen molar-refractivity contribution in [3.63, 3.8) is 0 Å². The third kappa shape index (κ3) is 4.80. The number of aryl methyl sites for hydroxylation is 2. The fourth-order valence-electron chi connectivity index (χ4n) is 3.13. The highest BCUT2D eigenvalue weighted by molar-refractivity contribution is 5.09. The molecule has 2 rings (SSSR count). The first-order chi connectivity index (χ1) is 8.84. The summed E-state index contributed by atoms with van der Waals surface area (Å²) in [6.45, 7) is 2.08. The Balaban J connectivity index is 1.55. The molecule has 100 valence electrons. The van der Waals surface area contributed by atoms with Crippen molar-refractivity contribution in [3.8, 4) is 0 Å². The molecule has 0 radical (unpaired) electrons. The molecule has 0 bridgehead atoms. The third-order valence-electron chi connectivity index (χ3n) is 4.22. The Morgan fingerprint density at radius 1 is 1.06 bits per heavy atom. The van der Waals surface area contributed by atoms with Crippen LogP contribution in [0.1, 0.15) is 69.2 Å². The Kier molecular flexibility index (Phi) is 5.70. The quantitative estimate of drug-likeness (QED) is 0.637. The van der Waals surface area contributed by atoms with E-state index < -0.39 is 0 Å². The lowest BCUT2D eigenvalue weighted by Gasteiger charge is -2.21. The Morgan fingerprint density at radius 2 is 1.89 bits per heavy atom. The Bertz CT molecular complexity index is 339. The molecule has 1 saturated carbocycles. The molecule has 1 aliphatic rings. The minimum atomic E-state index is 1.05. The predicted molar refractivity (Wildman–Crippen MR) is 77.7 cm³/mol. The van der Waals surface area contributed by atoms with Gasteiger partial charge in [0.25, 0.3) is 0 Å². The van der Waals surface area contributed by atoms with Gasteiger partial charge >= 0.3 is 0 Å². The summed E-state index contributed by atoms with van der Waals surface area (Å²) in [6, 6.07) is 6.36. The number of pyridine rings is 1. The second kappa shape index (κ2) is 7.56. The van der Waals surface area contributed by atoms with Crippen molar-refractivity contribution in [2.75, 3.05) is 0 Å². The van der Waals surface area contributed by atoms with Crippen LogP contribution >= 0.6 is 0 Å². The number of aromatic nitrogens is 1. The van der Waals surface area contributed by atoms with Crippen LogP contribution in [0.5, 0.6) is 0 Å². The van der Waals surface area contributed by atoms with Crippen LogP contribution in [-0.2, 0) is 6.42 Å². The van der Waals surface area contributed by atoms with Gasteiger partial charge in [-0.2, -0.15) is 0 Å². The smallest absolute Gasteiger partial charge is 0.0406 e. The van der Waals surface area contributed by atoms with Crippen LogP contribution in [0.3, 0.4) is 0 Å². The molecule has 0 atom stereocenters. The van der Waals surface area contributed by atoms with Gasteiger partial charge in [0.1, 0.15) is 0 Å². The average Bonchev–Trinajstić information content (AvgIpc) is 2.40. The van der Waals surface area contributed by atoms with Gasteiger partial charge in [0.15, 0.2) is 0 Å². The summed E-state index contributed by atoms with van der Waals surface area (Å²) in [5.74, 6) is 1.05. The van der Waals surface area contributed by atoms with Crippen molar-refractivity contribution in [2.45, 2.75) is 71.1 Å². The lowest BCUT2D eigenvalue weighted by molar-refractivity contribution is 0.328. The van der Waals surface area contributed by atoms with Gasteiger partial charge in [-0.15, -0.1) is 0 Å². The van der Waals surface area contributed by atoms with E-state index in [9.17, 15) is 0 Å². The fourth-order valence-corrected chi connectivity index (χ4v) is 3.13. The molecule has 1 heteroatoms. The summed E-state index contributed by atoms with van der Waals surface area (Å²) in [4.78, 5) is 4.56. The van der Waals surface area contributed by atoms with E-state index in [1.165, 1.54) is 63.5 Å². The first kappa shape index (κ1) is 13.6. The molecular formula is C17H27N. The molecule has 0 saturated heterocycles.